The summed E-state index contributed by atoms with van der Waals surface area (Å²) < 4.78 is 11.2. The van der Waals surface area contributed by atoms with Gasteiger partial charge in [-0.05, 0) is 38.0 Å². The molecule has 134 valence electrons. The zero-order valence-electron chi connectivity index (χ0n) is 14.8. The SMILES string of the molecule is CC1(N)CCCCC1c1nc(-c2ccc(Oc3ccccc3)nc2)no1. The average Bonchev–Trinajstić information content (AvgIpc) is 3.12. The summed E-state index contributed by atoms with van der Waals surface area (Å²) in [6.45, 7) is 2.07. The van der Waals surface area contributed by atoms with Gasteiger partial charge in [0.25, 0.3) is 0 Å². The smallest absolute Gasteiger partial charge is 0.231 e. The van der Waals surface area contributed by atoms with Crippen LogP contribution in [0.2, 0.25) is 0 Å². The van der Waals surface area contributed by atoms with Crippen LogP contribution in [-0.2, 0) is 0 Å². The van der Waals surface area contributed by atoms with Gasteiger partial charge in [-0.1, -0.05) is 36.2 Å². The molecular weight excluding hydrogens is 328 g/mol. The first-order valence-electron chi connectivity index (χ1n) is 8.94. The predicted octanol–water partition coefficient (Wildman–Crippen LogP) is 4.30. The number of benzene rings is 1. The van der Waals surface area contributed by atoms with Crippen LogP contribution in [0.4, 0.5) is 0 Å². The molecule has 6 nitrogen and oxygen atoms in total. The van der Waals surface area contributed by atoms with Gasteiger partial charge in [0.05, 0.1) is 5.92 Å². The van der Waals surface area contributed by atoms with Crippen LogP contribution in [0.25, 0.3) is 11.4 Å². The summed E-state index contributed by atoms with van der Waals surface area (Å²) in [5.41, 5.74) is 6.93. The zero-order valence-corrected chi connectivity index (χ0v) is 14.8. The molecule has 0 spiro atoms. The highest BCUT2D eigenvalue weighted by Gasteiger charge is 2.37. The van der Waals surface area contributed by atoms with Crippen LogP contribution in [-0.4, -0.2) is 20.7 Å². The fourth-order valence-corrected chi connectivity index (χ4v) is 3.44. The lowest BCUT2D eigenvalue weighted by Crippen LogP contribution is -2.44. The lowest BCUT2D eigenvalue weighted by atomic mass is 9.74. The summed E-state index contributed by atoms with van der Waals surface area (Å²) in [5, 5.41) is 4.12. The van der Waals surface area contributed by atoms with Crippen molar-refractivity contribution in [3.05, 3.63) is 54.6 Å². The van der Waals surface area contributed by atoms with Crippen LogP contribution in [0.3, 0.4) is 0 Å². The van der Waals surface area contributed by atoms with Gasteiger partial charge in [0.2, 0.25) is 17.6 Å². The number of aromatic nitrogens is 3. The minimum absolute atomic E-state index is 0.103. The Bertz CT molecular complexity index is 859. The zero-order chi connectivity index (χ0) is 18.0. The molecule has 4 rings (SSSR count). The monoisotopic (exact) mass is 350 g/mol. The molecule has 6 heteroatoms. The quantitative estimate of drug-likeness (QED) is 0.755. The van der Waals surface area contributed by atoms with Crippen LogP contribution in [0.15, 0.2) is 53.2 Å². The first-order chi connectivity index (χ1) is 12.6. The molecular formula is C20H22N4O2. The van der Waals surface area contributed by atoms with Gasteiger partial charge in [-0.25, -0.2) is 4.98 Å². The highest BCUT2D eigenvalue weighted by atomic mass is 16.5. The topological polar surface area (TPSA) is 87.1 Å². The fraction of sp³-hybridized carbons (Fsp3) is 0.350. The number of hydrogen-bond donors (Lipinski definition) is 1. The molecule has 0 radical (unpaired) electrons. The number of ether oxygens (including phenoxy) is 1. The standard InChI is InChI=1S/C20H22N4O2/c1-20(21)12-6-5-9-16(20)19-23-18(24-26-19)14-10-11-17(22-13-14)25-15-7-3-2-4-8-15/h2-4,7-8,10-11,13,16H,5-6,9,12,21H2,1H3. The fourth-order valence-electron chi connectivity index (χ4n) is 3.44. The lowest BCUT2D eigenvalue weighted by molar-refractivity contribution is 0.223. The van der Waals surface area contributed by atoms with Gasteiger partial charge in [0.15, 0.2) is 0 Å². The lowest BCUT2D eigenvalue weighted by Gasteiger charge is -2.35. The maximum atomic E-state index is 6.44. The van der Waals surface area contributed by atoms with Crippen molar-refractivity contribution in [1.29, 1.82) is 0 Å². The largest absolute Gasteiger partial charge is 0.439 e. The second-order valence-corrected chi connectivity index (χ2v) is 7.06. The first kappa shape index (κ1) is 16.7. The molecule has 26 heavy (non-hydrogen) atoms. The van der Waals surface area contributed by atoms with E-state index in [0.717, 1.165) is 37.0 Å². The van der Waals surface area contributed by atoms with Gasteiger partial charge in [-0.3, -0.25) is 0 Å². The van der Waals surface area contributed by atoms with Crippen molar-refractivity contribution >= 4 is 0 Å². The maximum Gasteiger partial charge on any atom is 0.231 e. The molecule has 2 N–H and O–H groups in total. The van der Waals surface area contributed by atoms with Crippen molar-refractivity contribution < 1.29 is 9.26 Å². The van der Waals surface area contributed by atoms with Crippen LogP contribution in [0.1, 0.15) is 44.4 Å². The van der Waals surface area contributed by atoms with Gasteiger partial charge in [0.1, 0.15) is 5.75 Å². The molecule has 2 unspecified atom stereocenters. The van der Waals surface area contributed by atoms with Gasteiger partial charge in [-0.2, -0.15) is 4.98 Å². The second kappa shape index (κ2) is 6.88. The Balaban J connectivity index is 1.51. The summed E-state index contributed by atoms with van der Waals surface area (Å²) in [6, 6.07) is 13.2. The Labute approximate surface area is 152 Å². The Kier molecular flexibility index (Phi) is 4.42. The third-order valence-electron chi connectivity index (χ3n) is 4.95. The number of hydrogen-bond acceptors (Lipinski definition) is 6. The first-order valence-corrected chi connectivity index (χ1v) is 8.94. The van der Waals surface area contributed by atoms with E-state index >= 15 is 0 Å². The van der Waals surface area contributed by atoms with Gasteiger partial charge >= 0.3 is 0 Å². The summed E-state index contributed by atoms with van der Waals surface area (Å²) in [4.78, 5) is 8.91. The highest BCUT2D eigenvalue weighted by Crippen LogP contribution is 2.38. The van der Waals surface area contributed by atoms with Gasteiger partial charge in [0, 0.05) is 23.4 Å². The van der Waals surface area contributed by atoms with E-state index < -0.39 is 0 Å². The van der Waals surface area contributed by atoms with E-state index in [4.69, 9.17) is 15.0 Å². The minimum atomic E-state index is -0.298. The van der Waals surface area contributed by atoms with Crippen molar-refractivity contribution in [2.24, 2.45) is 5.73 Å². The maximum absolute atomic E-state index is 6.44. The molecule has 1 aromatic carbocycles. The van der Waals surface area contributed by atoms with Crippen molar-refractivity contribution in [2.45, 2.75) is 44.1 Å². The Morgan fingerprint density at radius 3 is 2.73 bits per heavy atom. The van der Waals surface area contributed by atoms with E-state index in [0.29, 0.717) is 17.6 Å². The molecule has 2 aromatic heterocycles. The summed E-state index contributed by atoms with van der Waals surface area (Å²) in [7, 11) is 0. The van der Waals surface area contributed by atoms with E-state index in [-0.39, 0.29) is 11.5 Å². The van der Waals surface area contributed by atoms with Crippen LogP contribution in [0, 0.1) is 0 Å². The summed E-state index contributed by atoms with van der Waals surface area (Å²) in [5.74, 6) is 2.51. The van der Waals surface area contributed by atoms with Crippen molar-refractivity contribution in [3.8, 4) is 23.0 Å². The van der Waals surface area contributed by atoms with E-state index in [1.807, 2.05) is 36.4 Å². The number of nitrogens with zero attached hydrogens (tertiary/aromatic N) is 3. The molecule has 0 bridgehead atoms. The molecule has 0 amide bonds. The number of rotatable bonds is 4. The Morgan fingerprint density at radius 1 is 1.15 bits per heavy atom. The second-order valence-electron chi connectivity index (χ2n) is 7.06. The Morgan fingerprint density at radius 2 is 2.00 bits per heavy atom. The highest BCUT2D eigenvalue weighted by molar-refractivity contribution is 5.53. The molecule has 1 aliphatic carbocycles. The predicted molar refractivity (Wildman–Crippen MR) is 97.8 cm³/mol. The van der Waals surface area contributed by atoms with E-state index in [1.165, 1.54) is 0 Å². The Hall–Kier alpha value is -2.73. The number of pyridine rings is 1. The van der Waals surface area contributed by atoms with Gasteiger partial charge < -0.3 is 15.0 Å². The molecule has 0 saturated heterocycles. The summed E-state index contributed by atoms with van der Waals surface area (Å²) >= 11 is 0. The molecule has 0 aliphatic heterocycles. The van der Waals surface area contributed by atoms with E-state index in [2.05, 4.69) is 22.0 Å². The summed E-state index contributed by atoms with van der Waals surface area (Å²) in [6.07, 6.45) is 5.94. The number of para-hydroxylation sites is 1. The van der Waals surface area contributed by atoms with Crippen LogP contribution in [0.5, 0.6) is 11.6 Å². The van der Waals surface area contributed by atoms with Crippen LogP contribution < -0.4 is 10.5 Å². The van der Waals surface area contributed by atoms with Gasteiger partial charge in [-0.15, -0.1) is 0 Å². The third kappa shape index (κ3) is 3.46. The molecule has 1 aliphatic rings. The normalized spacial score (nSPS) is 22.9. The van der Waals surface area contributed by atoms with Crippen molar-refractivity contribution in [2.75, 3.05) is 0 Å². The number of nitrogens with two attached hydrogens (primary N) is 1. The van der Waals surface area contributed by atoms with Crippen molar-refractivity contribution in [1.82, 2.24) is 15.1 Å². The van der Waals surface area contributed by atoms with E-state index in [1.54, 1.807) is 12.3 Å². The minimum Gasteiger partial charge on any atom is -0.439 e. The molecule has 2 atom stereocenters. The molecule has 2 heterocycles. The molecule has 1 saturated carbocycles. The molecule has 1 fully saturated rings. The van der Waals surface area contributed by atoms with Crippen molar-refractivity contribution in [3.63, 3.8) is 0 Å². The molecule has 3 aromatic rings. The third-order valence-corrected chi connectivity index (χ3v) is 4.95. The average molecular weight is 350 g/mol. The van der Waals surface area contributed by atoms with E-state index in [9.17, 15) is 0 Å². The van der Waals surface area contributed by atoms with Crippen LogP contribution >= 0.6 is 0 Å².